The van der Waals surface area contributed by atoms with Gasteiger partial charge < -0.3 is 9.84 Å². The second kappa shape index (κ2) is 7.20. The van der Waals surface area contributed by atoms with Crippen molar-refractivity contribution < 1.29 is 17.7 Å². The second-order valence-corrected chi connectivity index (χ2v) is 9.01. The van der Waals surface area contributed by atoms with E-state index in [-0.39, 0.29) is 10.8 Å². The largest absolute Gasteiger partial charge is 0.360 e. The average Bonchev–Trinajstić information content (AvgIpc) is 2.99. The Balaban J connectivity index is 1.75. The van der Waals surface area contributed by atoms with E-state index in [2.05, 4.69) is 24.3 Å². The molecule has 1 fully saturated rings. The summed E-state index contributed by atoms with van der Waals surface area (Å²) in [5.41, 5.74) is 0.352. The van der Waals surface area contributed by atoms with Gasteiger partial charge in [0.2, 0.25) is 10.0 Å². The van der Waals surface area contributed by atoms with Crippen molar-refractivity contribution in [1.29, 1.82) is 0 Å². The molecular weight excluding hydrogens is 354 g/mol. The van der Waals surface area contributed by atoms with Gasteiger partial charge in [-0.05, 0) is 49.4 Å². The van der Waals surface area contributed by atoms with Gasteiger partial charge in [-0.3, -0.25) is 4.79 Å². The minimum absolute atomic E-state index is 0.202. The van der Waals surface area contributed by atoms with Crippen molar-refractivity contribution in [3.63, 3.8) is 0 Å². The number of nitrogens with one attached hydrogen (secondary N) is 1. The Morgan fingerprint density at radius 2 is 1.81 bits per heavy atom. The van der Waals surface area contributed by atoms with E-state index in [0.717, 1.165) is 6.42 Å². The van der Waals surface area contributed by atoms with E-state index >= 15 is 0 Å². The number of rotatable bonds is 4. The maximum absolute atomic E-state index is 12.9. The number of carbonyl (C=O) groups excluding carboxylic acids is 1. The molecule has 0 saturated carbocycles. The SMILES string of the molecule is Cc1cc(NC(=O)c2ccc(S(=O)(=O)N3C[C@H](C)C[C@H](C)C3)cc2)no1. The van der Waals surface area contributed by atoms with Crippen molar-refractivity contribution in [3.05, 3.63) is 41.7 Å². The number of sulfonamides is 1. The van der Waals surface area contributed by atoms with Crippen LogP contribution in [0.3, 0.4) is 0 Å². The minimum atomic E-state index is -3.55. The second-order valence-electron chi connectivity index (χ2n) is 7.07. The monoisotopic (exact) mass is 377 g/mol. The molecule has 0 radical (unpaired) electrons. The number of amides is 1. The van der Waals surface area contributed by atoms with Gasteiger partial charge in [0.15, 0.2) is 5.82 Å². The van der Waals surface area contributed by atoms with Crippen LogP contribution < -0.4 is 5.32 Å². The Labute approximate surface area is 153 Å². The molecule has 1 saturated heterocycles. The number of hydrogen-bond donors (Lipinski definition) is 1. The summed E-state index contributed by atoms with van der Waals surface area (Å²) in [7, 11) is -3.55. The van der Waals surface area contributed by atoms with Gasteiger partial charge in [0.1, 0.15) is 5.76 Å². The molecule has 2 aromatic rings. The van der Waals surface area contributed by atoms with E-state index < -0.39 is 10.0 Å². The van der Waals surface area contributed by atoms with Gasteiger partial charge >= 0.3 is 0 Å². The van der Waals surface area contributed by atoms with Gasteiger partial charge in [-0.25, -0.2) is 8.42 Å². The normalized spacial score (nSPS) is 21.5. The minimum Gasteiger partial charge on any atom is -0.360 e. The van der Waals surface area contributed by atoms with Crippen LogP contribution in [-0.2, 0) is 10.0 Å². The summed E-state index contributed by atoms with van der Waals surface area (Å²) in [5, 5.41) is 6.31. The van der Waals surface area contributed by atoms with Crippen LogP contribution in [0.1, 0.15) is 36.4 Å². The number of piperidine rings is 1. The molecule has 1 N–H and O–H groups in total. The van der Waals surface area contributed by atoms with Crippen molar-refractivity contribution in [3.8, 4) is 0 Å². The summed E-state index contributed by atoms with van der Waals surface area (Å²) in [6.07, 6.45) is 1.03. The molecule has 0 unspecified atom stereocenters. The number of benzene rings is 1. The van der Waals surface area contributed by atoms with Gasteiger partial charge in [0.25, 0.3) is 5.91 Å². The summed E-state index contributed by atoms with van der Waals surface area (Å²) >= 11 is 0. The fourth-order valence-corrected chi connectivity index (χ4v) is 5.02. The number of anilines is 1. The third-order valence-electron chi connectivity index (χ3n) is 4.46. The van der Waals surface area contributed by atoms with Gasteiger partial charge in [0, 0.05) is 24.7 Å². The smallest absolute Gasteiger partial charge is 0.256 e. The summed E-state index contributed by atoms with van der Waals surface area (Å²) in [5.74, 6) is 1.21. The highest BCUT2D eigenvalue weighted by atomic mass is 32.2. The Hall–Kier alpha value is -2.19. The van der Waals surface area contributed by atoms with Crippen molar-refractivity contribution >= 4 is 21.7 Å². The molecule has 1 aliphatic heterocycles. The quantitative estimate of drug-likeness (QED) is 0.884. The molecule has 0 bridgehead atoms. The molecule has 0 aliphatic carbocycles. The fraction of sp³-hybridized carbons (Fsp3) is 0.444. The Bertz CT molecular complexity index is 879. The molecule has 1 aliphatic rings. The highest BCUT2D eigenvalue weighted by Crippen LogP contribution is 2.26. The lowest BCUT2D eigenvalue weighted by molar-refractivity contribution is 0.102. The maximum Gasteiger partial charge on any atom is 0.256 e. The first-order valence-corrected chi connectivity index (χ1v) is 10.0. The lowest BCUT2D eigenvalue weighted by Gasteiger charge is -2.34. The predicted molar refractivity (Wildman–Crippen MR) is 97.3 cm³/mol. The van der Waals surface area contributed by atoms with E-state index in [9.17, 15) is 13.2 Å². The number of nitrogens with zero attached hydrogens (tertiary/aromatic N) is 2. The number of aromatic nitrogens is 1. The molecule has 3 rings (SSSR count). The third-order valence-corrected chi connectivity index (χ3v) is 6.31. The van der Waals surface area contributed by atoms with E-state index in [4.69, 9.17) is 4.52 Å². The highest BCUT2D eigenvalue weighted by molar-refractivity contribution is 7.89. The van der Waals surface area contributed by atoms with E-state index in [1.54, 1.807) is 17.3 Å². The zero-order valence-corrected chi connectivity index (χ0v) is 15.9. The van der Waals surface area contributed by atoms with Gasteiger partial charge in [-0.1, -0.05) is 19.0 Å². The van der Waals surface area contributed by atoms with Crippen LogP contribution in [-0.4, -0.2) is 36.9 Å². The molecule has 8 heteroatoms. The molecule has 2 atom stereocenters. The molecule has 26 heavy (non-hydrogen) atoms. The molecule has 7 nitrogen and oxygen atoms in total. The zero-order valence-electron chi connectivity index (χ0n) is 15.1. The van der Waals surface area contributed by atoms with Crippen LogP contribution in [0.2, 0.25) is 0 Å². The number of aryl methyl sites for hydroxylation is 1. The first kappa shape index (κ1) is 18.6. The average molecular weight is 377 g/mol. The van der Waals surface area contributed by atoms with E-state index in [1.807, 2.05) is 0 Å². The van der Waals surface area contributed by atoms with E-state index in [1.165, 1.54) is 24.3 Å². The molecule has 1 aromatic carbocycles. The Kier molecular flexibility index (Phi) is 5.15. The molecule has 1 aromatic heterocycles. The van der Waals surface area contributed by atoms with Crippen molar-refractivity contribution in [2.24, 2.45) is 11.8 Å². The van der Waals surface area contributed by atoms with Gasteiger partial charge in [0.05, 0.1) is 4.90 Å². The van der Waals surface area contributed by atoms with Crippen molar-refractivity contribution in [2.75, 3.05) is 18.4 Å². The summed E-state index contributed by atoms with van der Waals surface area (Å²) in [4.78, 5) is 12.4. The summed E-state index contributed by atoms with van der Waals surface area (Å²) in [6.45, 7) is 6.92. The van der Waals surface area contributed by atoms with Crippen LogP contribution in [0.5, 0.6) is 0 Å². The lowest BCUT2D eigenvalue weighted by Crippen LogP contribution is -2.42. The molecule has 140 valence electrons. The summed E-state index contributed by atoms with van der Waals surface area (Å²) < 4.78 is 32.2. The Morgan fingerprint density at radius 1 is 1.19 bits per heavy atom. The predicted octanol–water partition coefficient (Wildman–Crippen LogP) is 2.90. The fourth-order valence-electron chi connectivity index (χ4n) is 3.34. The van der Waals surface area contributed by atoms with Gasteiger partial charge in [-0.15, -0.1) is 0 Å². The maximum atomic E-state index is 12.9. The number of carbonyl (C=O) groups is 1. The molecule has 1 amide bonds. The third kappa shape index (κ3) is 3.96. The van der Waals surface area contributed by atoms with Crippen LogP contribution >= 0.6 is 0 Å². The Morgan fingerprint density at radius 3 is 2.35 bits per heavy atom. The number of hydrogen-bond acceptors (Lipinski definition) is 5. The van der Waals surface area contributed by atoms with Gasteiger partial charge in [-0.2, -0.15) is 4.31 Å². The van der Waals surface area contributed by atoms with Crippen LogP contribution in [0, 0.1) is 18.8 Å². The highest BCUT2D eigenvalue weighted by Gasteiger charge is 2.31. The van der Waals surface area contributed by atoms with Crippen molar-refractivity contribution in [2.45, 2.75) is 32.1 Å². The topological polar surface area (TPSA) is 92.5 Å². The molecular formula is C18H23N3O4S. The van der Waals surface area contributed by atoms with Crippen LogP contribution in [0.4, 0.5) is 5.82 Å². The first-order valence-electron chi connectivity index (χ1n) is 8.60. The summed E-state index contributed by atoms with van der Waals surface area (Å²) in [6, 6.07) is 7.57. The zero-order chi connectivity index (χ0) is 18.9. The molecule has 0 spiro atoms. The van der Waals surface area contributed by atoms with Crippen LogP contribution in [0.15, 0.2) is 39.8 Å². The van der Waals surface area contributed by atoms with Crippen molar-refractivity contribution in [1.82, 2.24) is 9.46 Å². The lowest BCUT2D eigenvalue weighted by atomic mass is 9.94. The standard InChI is InChI=1S/C18H23N3O4S/c1-12-8-13(2)11-21(10-12)26(23,24)16-6-4-15(5-7-16)18(22)19-17-9-14(3)25-20-17/h4-7,9,12-13H,8,10-11H2,1-3H3,(H,19,20,22)/t12-,13+. The first-order chi connectivity index (χ1) is 12.3. The van der Waals surface area contributed by atoms with Crippen LogP contribution in [0.25, 0.3) is 0 Å². The molecule has 2 heterocycles. The van der Waals surface area contributed by atoms with E-state index in [0.29, 0.717) is 42.1 Å².